The molecule has 2 rings (SSSR count). The third-order valence-corrected chi connectivity index (χ3v) is 1.95. The Morgan fingerprint density at radius 1 is 1.23 bits per heavy atom. The number of carbonyl (C=O) groups is 2. The summed E-state index contributed by atoms with van der Waals surface area (Å²) in [5.74, 6) is -0.924. The molecule has 13 heavy (non-hydrogen) atoms. The molecule has 1 saturated heterocycles. The topological polar surface area (TPSA) is 47.2 Å². The van der Waals surface area contributed by atoms with Crippen molar-refractivity contribution in [3.05, 3.63) is 30.6 Å². The fourth-order valence-electron chi connectivity index (χ4n) is 1.31. The van der Waals surface area contributed by atoms with Crippen molar-refractivity contribution in [3.8, 4) is 0 Å². The molecule has 1 aliphatic rings. The molecule has 4 heteroatoms. The van der Waals surface area contributed by atoms with Crippen LogP contribution in [0.5, 0.6) is 0 Å². The molecule has 1 atom stereocenters. The van der Waals surface area contributed by atoms with E-state index in [-0.39, 0.29) is 6.42 Å². The molecule has 0 N–H and O–H groups in total. The van der Waals surface area contributed by atoms with Gasteiger partial charge in [0.15, 0.2) is 12.4 Å². The Labute approximate surface area is 74.8 Å². The van der Waals surface area contributed by atoms with Crippen LogP contribution < -0.4 is 4.57 Å². The Hall–Kier alpha value is -1.71. The van der Waals surface area contributed by atoms with Crippen LogP contribution in [0.4, 0.5) is 0 Å². The molecule has 0 aliphatic carbocycles. The summed E-state index contributed by atoms with van der Waals surface area (Å²) in [5.41, 5.74) is 0. The minimum atomic E-state index is -0.478. The minimum Gasteiger partial charge on any atom is -0.388 e. The van der Waals surface area contributed by atoms with E-state index in [1.54, 1.807) is 29.1 Å². The number of nitrogens with zero attached hydrogens (tertiary/aromatic N) is 1. The van der Waals surface area contributed by atoms with Crippen molar-refractivity contribution < 1.29 is 18.9 Å². The van der Waals surface area contributed by atoms with Gasteiger partial charge in [-0.2, -0.15) is 4.57 Å². The van der Waals surface area contributed by atoms with Gasteiger partial charge in [-0.05, 0) is 0 Å². The van der Waals surface area contributed by atoms with Crippen LogP contribution in [0.25, 0.3) is 0 Å². The van der Waals surface area contributed by atoms with Crippen LogP contribution in [0.15, 0.2) is 30.6 Å². The van der Waals surface area contributed by atoms with Crippen molar-refractivity contribution in [1.29, 1.82) is 0 Å². The smallest absolute Gasteiger partial charge is 0.384 e. The molecule has 0 amide bonds. The van der Waals surface area contributed by atoms with Gasteiger partial charge in [0.05, 0.1) is 0 Å². The molecule has 0 spiro atoms. The van der Waals surface area contributed by atoms with Crippen molar-refractivity contribution in [2.75, 3.05) is 0 Å². The molecule has 4 nitrogen and oxygen atoms in total. The second kappa shape index (κ2) is 2.97. The standard InChI is InChI=1S/C9H8NO3/c11-8-6-7(9(12)13-8)10-4-2-1-3-5-10/h1-5,7H,6H2/q+1/t7-/m1/s1. The first kappa shape index (κ1) is 7.91. The maximum Gasteiger partial charge on any atom is 0.384 e. The molecule has 66 valence electrons. The van der Waals surface area contributed by atoms with E-state index < -0.39 is 18.0 Å². The average molecular weight is 178 g/mol. The van der Waals surface area contributed by atoms with E-state index in [0.717, 1.165) is 0 Å². The fourth-order valence-corrected chi connectivity index (χ4v) is 1.31. The second-order valence-corrected chi connectivity index (χ2v) is 2.84. The SMILES string of the molecule is O=C1C[C@@H]([n+]2ccccc2)C(=O)O1. The van der Waals surface area contributed by atoms with Crippen molar-refractivity contribution in [2.45, 2.75) is 12.5 Å². The molecule has 0 saturated carbocycles. The van der Waals surface area contributed by atoms with Gasteiger partial charge in [0.1, 0.15) is 6.42 Å². The van der Waals surface area contributed by atoms with Gasteiger partial charge in [-0.1, -0.05) is 6.07 Å². The lowest BCUT2D eigenvalue weighted by Gasteiger charge is -1.97. The summed E-state index contributed by atoms with van der Waals surface area (Å²) >= 11 is 0. The Morgan fingerprint density at radius 3 is 2.46 bits per heavy atom. The largest absolute Gasteiger partial charge is 0.388 e. The van der Waals surface area contributed by atoms with Gasteiger partial charge in [0.2, 0.25) is 0 Å². The number of pyridine rings is 1. The average Bonchev–Trinajstić information content (AvgIpc) is 2.47. The van der Waals surface area contributed by atoms with E-state index in [0.29, 0.717) is 0 Å². The zero-order chi connectivity index (χ0) is 9.26. The van der Waals surface area contributed by atoms with Crippen LogP contribution >= 0.6 is 0 Å². The summed E-state index contributed by atoms with van der Waals surface area (Å²) in [6.45, 7) is 0. The van der Waals surface area contributed by atoms with Gasteiger partial charge in [0.25, 0.3) is 6.04 Å². The van der Waals surface area contributed by atoms with Gasteiger partial charge in [-0.3, -0.25) is 4.79 Å². The van der Waals surface area contributed by atoms with Gasteiger partial charge in [0, 0.05) is 12.1 Å². The van der Waals surface area contributed by atoms with Crippen LogP contribution in [0.1, 0.15) is 12.5 Å². The number of ether oxygens (including phenoxy) is 1. The van der Waals surface area contributed by atoms with Crippen LogP contribution in [0.2, 0.25) is 0 Å². The molecule has 1 aromatic heterocycles. The number of esters is 2. The molecule has 1 aromatic rings. The summed E-state index contributed by atoms with van der Waals surface area (Å²) in [6, 6.07) is 4.97. The Morgan fingerprint density at radius 2 is 1.92 bits per heavy atom. The van der Waals surface area contributed by atoms with Gasteiger partial charge >= 0.3 is 11.9 Å². The summed E-state index contributed by atoms with van der Waals surface area (Å²) in [5, 5.41) is 0. The van der Waals surface area contributed by atoms with Crippen LogP contribution in [-0.4, -0.2) is 11.9 Å². The van der Waals surface area contributed by atoms with Crippen LogP contribution in [-0.2, 0) is 14.3 Å². The lowest BCUT2D eigenvalue weighted by molar-refractivity contribution is -0.707. The molecule has 1 fully saturated rings. The van der Waals surface area contributed by atoms with E-state index in [2.05, 4.69) is 4.74 Å². The monoisotopic (exact) mass is 178 g/mol. The van der Waals surface area contributed by atoms with E-state index in [1.807, 2.05) is 6.07 Å². The normalized spacial score (nSPS) is 21.7. The first-order valence-corrected chi connectivity index (χ1v) is 3.97. The highest BCUT2D eigenvalue weighted by Gasteiger charge is 2.40. The van der Waals surface area contributed by atoms with Gasteiger partial charge < -0.3 is 4.74 Å². The van der Waals surface area contributed by atoms with E-state index >= 15 is 0 Å². The van der Waals surface area contributed by atoms with Crippen LogP contribution in [0, 0.1) is 0 Å². The molecular formula is C9H8NO3+. The zero-order valence-electron chi connectivity index (χ0n) is 6.84. The third-order valence-electron chi connectivity index (χ3n) is 1.95. The molecular weight excluding hydrogens is 170 g/mol. The molecule has 0 aromatic carbocycles. The van der Waals surface area contributed by atoms with Crippen molar-refractivity contribution in [3.63, 3.8) is 0 Å². The summed E-state index contributed by atoms with van der Waals surface area (Å²) < 4.78 is 6.10. The zero-order valence-corrected chi connectivity index (χ0v) is 6.84. The van der Waals surface area contributed by atoms with Gasteiger partial charge in [-0.25, -0.2) is 4.79 Å². The fraction of sp³-hybridized carbons (Fsp3) is 0.222. The molecule has 0 radical (unpaired) electrons. The summed E-state index contributed by atoms with van der Waals surface area (Å²) in [4.78, 5) is 21.9. The number of carbonyl (C=O) groups excluding carboxylic acids is 2. The predicted octanol–water partition coefficient (Wildman–Crippen LogP) is -0.0113. The number of hydrogen-bond donors (Lipinski definition) is 0. The Bertz CT molecular complexity index is 347. The third kappa shape index (κ3) is 1.42. The molecule has 2 heterocycles. The van der Waals surface area contributed by atoms with Crippen LogP contribution in [0.3, 0.4) is 0 Å². The number of aromatic nitrogens is 1. The highest BCUT2D eigenvalue weighted by molar-refractivity contribution is 5.94. The molecule has 1 aliphatic heterocycles. The first-order chi connectivity index (χ1) is 6.27. The Balaban J connectivity index is 2.28. The number of cyclic esters (lactones) is 2. The second-order valence-electron chi connectivity index (χ2n) is 2.84. The van der Waals surface area contributed by atoms with E-state index in [1.165, 1.54) is 0 Å². The Kier molecular flexibility index (Phi) is 1.81. The predicted molar refractivity (Wildman–Crippen MR) is 41.4 cm³/mol. The molecule has 0 bridgehead atoms. The number of rotatable bonds is 1. The minimum absolute atomic E-state index is 0.132. The van der Waals surface area contributed by atoms with E-state index in [9.17, 15) is 9.59 Å². The van der Waals surface area contributed by atoms with E-state index in [4.69, 9.17) is 0 Å². The lowest BCUT2D eigenvalue weighted by Crippen LogP contribution is -2.41. The molecule has 0 unspecified atom stereocenters. The number of hydrogen-bond acceptors (Lipinski definition) is 3. The van der Waals surface area contributed by atoms with Crippen molar-refractivity contribution >= 4 is 11.9 Å². The van der Waals surface area contributed by atoms with Crippen molar-refractivity contribution in [1.82, 2.24) is 0 Å². The summed E-state index contributed by atoms with van der Waals surface area (Å²) in [6.07, 6.45) is 3.61. The maximum absolute atomic E-state index is 11.1. The van der Waals surface area contributed by atoms with Gasteiger partial charge in [-0.15, -0.1) is 0 Å². The van der Waals surface area contributed by atoms with Crippen molar-refractivity contribution in [2.24, 2.45) is 0 Å². The quantitative estimate of drug-likeness (QED) is 0.345. The maximum atomic E-state index is 11.1. The summed E-state index contributed by atoms with van der Waals surface area (Å²) in [7, 11) is 0. The highest BCUT2D eigenvalue weighted by atomic mass is 16.6. The first-order valence-electron chi connectivity index (χ1n) is 3.97. The lowest BCUT2D eigenvalue weighted by atomic mass is 10.2. The highest BCUT2D eigenvalue weighted by Crippen LogP contribution is 2.14.